The number of hydrogen-bond donors (Lipinski definition) is 1. The van der Waals surface area contributed by atoms with Crippen LogP contribution in [0.5, 0.6) is 5.75 Å². The topological polar surface area (TPSA) is 30.0 Å². The summed E-state index contributed by atoms with van der Waals surface area (Å²) in [6, 6.07) is 16.3. The lowest BCUT2D eigenvalue weighted by Crippen LogP contribution is -2.46. The number of phenolic OH excluding ortho intramolecular Hbond substituents is 1. The highest BCUT2D eigenvalue weighted by Crippen LogP contribution is 2.27. The first-order valence-corrected chi connectivity index (χ1v) is 8.33. The van der Waals surface area contributed by atoms with Crippen LogP contribution in [0.1, 0.15) is 0 Å². The van der Waals surface area contributed by atoms with Gasteiger partial charge in [-0.15, -0.1) is 0 Å². The largest absolute Gasteiger partial charge is 0.508 e. The minimum absolute atomic E-state index is 0.574. The molecule has 1 N–H and O–H groups in total. The quantitative estimate of drug-likeness (QED) is 0.870. The van der Waals surface area contributed by atoms with Gasteiger partial charge >= 0.3 is 0 Å². The van der Waals surface area contributed by atoms with Gasteiger partial charge in [-0.25, -0.2) is 0 Å². The van der Waals surface area contributed by atoms with Crippen LogP contribution in [0.15, 0.2) is 48.5 Å². The molecule has 1 fully saturated rings. The van der Waals surface area contributed by atoms with E-state index in [9.17, 15) is 0 Å². The second-order valence-electron chi connectivity index (χ2n) is 5.39. The summed E-state index contributed by atoms with van der Waals surface area (Å²) in [5.74, 6) is 0.574. The number of rotatable bonds is 4. The highest BCUT2D eigenvalue weighted by molar-refractivity contribution is 7.39. The molecule has 1 heterocycles. The highest BCUT2D eigenvalue weighted by atomic mass is 31.1. The first-order valence-electron chi connectivity index (χ1n) is 7.71. The standard InChI is InChI=1S/C16H21N3OP2/c20-16-7-5-14(6-8-16)18-11-9-17(10-12-18)13-1-3-15(4-2-13)19(21)22/h1-8,20H,9-12,21-22H2/i/hT. The average Bonchev–Trinajstić information content (AvgIpc) is 2.62. The van der Waals surface area contributed by atoms with Gasteiger partial charge < -0.3 is 19.3 Å². The van der Waals surface area contributed by atoms with Crippen molar-refractivity contribution in [2.24, 2.45) is 0 Å². The molecule has 116 valence electrons. The van der Waals surface area contributed by atoms with Crippen LogP contribution >= 0.6 is 18.8 Å². The molecule has 1 saturated heterocycles. The predicted octanol–water partition coefficient (Wildman–Crippen LogP) is 3.11. The zero-order chi connectivity index (χ0) is 16.2. The second-order valence-corrected chi connectivity index (χ2v) is 7.10. The van der Waals surface area contributed by atoms with Crippen LogP contribution in [-0.2, 0) is 0 Å². The Morgan fingerprint density at radius 1 is 0.818 bits per heavy atom. The number of benzene rings is 2. The number of piperazine rings is 1. The van der Waals surface area contributed by atoms with E-state index >= 15 is 0 Å². The van der Waals surface area contributed by atoms with Crippen molar-refractivity contribution >= 4 is 35.8 Å². The number of aromatic hydroxyl groups is 1. The van der Waals surface area contributed by atoms with Crippen molar-refractivity contribution < 1.29 is 5.11 Å². The molecular formula is C16H21N3OP2. The SMILES string of the molecule is [3H]Oc1ccc(N2CCN(c3ccc(N(P)P)cc3)CC2)cc1. The zero-order valence-electron chi connectivity index (χ0n) is 13.4. The smallest absolute Gasteiger partial charge is 0.293 e. The Kier molecular flexibility index (Phi) is 4.32. The Hall–Kier alpha value is -1.50. The lowest BCUT2D eigenvalue weighted by atomic mass is 10.2. The summed E-state index contributed by atoms with van der Waals surface area (Å²) < 4.78 is 8.85. The van der Waals surface area contributed by atoms with Crippen molar-refractivity contribution in [2.75, 3.05) is 40.4 Å². The van der Waals surface area contributed by atoms with Gasteiger partial charge in [-0.3, -0.25) is 0 Å². The Labute approximate surface area is 137 Å². The van der Waals surface area contributed by atoms with E-state index in [2.05, 4.69) is 58.0 Å². The molecule has 1 aliphatic heterocycles. The molecular weight excluding hydrogens is 312 g/mol. The summed E-state index contributed by atoms with van der Waals surface area (Å²) in [6.45, 7) is 3.98. The van der Waals surface area contributed by atoms with Crippen molar-refractivity contribution in [1.29, 1.82) is 1.43 Å². The molecule has 0 spiro atoms. The fourth-order valence-electron chi connectivity index (χ4n) is 2.72. The van der Waals surface area contributed by atoms with E-state index in [1.807, 2.05) is 28.7 Å². The van der Waals surface area contributed by atoms with E-state index in [-0.39, 0.29) is 0 Å². The molecule has 3 rings (SSSR count). The van der Waals surface area contributed by atoms with Crippen LogP contribution in [0, 0.1) is 0 Å². The third kappa shape index (κ3) is 3.45. The van der Waals surface area contributed by atoms with Gasteiger partial charge in [-0.05, 0) is 67.3 Å². The Morgan fingerprint density at radius 2 is 1.27 bits per heavy atom. The van der Waals surface area contributed by atoms with Gasteiger partial charge in [-0.1, -0.05) is 0 Å². The van der Waals surface area contributed by atoms with Gasteiger partial charge in [0.2, 0.25) is 0 Å². The highest BCUT2D eigenvalue weighted by Gasteiger charge is 2.17. The van der Waals surface area contributed by atoms with E-state index in [0.717, 1.165) is 31.9 Å². The monoisotopic (exact) mass is 335 g/mol. The molecule has 4 nitrogen and oxygen atoms in total. The van der Waals surface area contributed by atoms with Crippen molar-refractivity contribution in [3.63, 3.8) is 0 Å². The Balaban J connectivity index is 1.61. The molecule has 0 aliphatic carbocycles. The van der Waals surface area contributed by atoms with Gasteiger partial charge in [-0.2, -0.15) is 0 Å². The molecule has 0 amide bonds. The van der Waals surface area contributed by atoms with Crippen molar-refractivity contribution in [3.05, 3.63) is 48.5 Å². The molecule has 6 heteroatoms. The van der Waals surface area contributed by atoms with Crippen LogP contribution in [-0.4, -0.2) is 32.7 Å². The van der Waals surface area contributed by atoms with Crippen LogP contribution in [0.2, 0.25) is 0 Å². The van der Waals surface area contributed by atoms with Crippen LogP contribution < -0.4 is 14.2 Å². The maximum atomic E-state index is 6.90. The van der Waals surface area contributed by atoms with Gasteiger partial charge in [0.05, 0.1) is 0 Å². The fraction of sp³-hybridized carbons (Fsp3) is 0.250. The number of hydrogen-bond acceptors (Lipinski definition) is 4. The summed E-state index contributed by atoms with van der Waals surface area (Å²) in [4.78, 5) is 4.78. The van der Waals surface area contributed by atoms with E-state index < -0.39 is 0 Å². The van der Waals surface area contributed by atoms with Crippen molar-refractivity contribution in [2.45, 2.75) is 0 Å². The van der Waals surface area contributed by atoms with Gasteiger partial charge in [0, 0.05) is 43.2 Å². The van der Waals surface area contributed by atoms with Crippen LogP contribution in [0.4, 0.5) is 17.1 Å². The summed E-state index contributed by atoms with van der Waals surface area (Å²) in [5.41, 5.74) is 3.60. The lowest BCUT2D eigenvalue weighted by Gasteiger charge is -2.37. The summed E-state index contributed by atoms with van der Waals surface area (Å²) in [7, 11) is 5.27. The molecule has 0 bridgehead atoms. The number of anilines is 3. The van der Waals surface area contributed by atoms with Gasteiger partial charge in [0.25, 0.3) is 1.43 Å². The second kappa shape index (κ2) is 6.73. The predicted molar refractivity (Wildman–Crippen MR) is 101 cm³/mol. The molecule has 0 saturated carbocycles. The molecule has 1 aliphatic rings. The maximum Gasteiger partial charge on any atom is 0.293 e. The van der Waals surface area contributed by atoms with E-state index in [0.29, 0.717) is 5.75 Å². The number of phenols is 1. The van der Waals surface area contributed by atoms with Gasteiger partial charge in [0.1, 0.15) is 5.75 Å². The minimum Gasteiger partial charge on any atom is -0.508 e. The van der Waals surface area contributed by atoms with E-state index in [4.69, 9.17) is 1.43 Å². The Bertz CT molecular complexity index is 629. The fourth-order valence-corrected chi connectivity index (χ4v) is 3.06. The molecule has 2 atom stereocenters. The molecule has 22 heavy (non-hydrogen) atoms. The molecule has 2 aromatic rings. The van der Waals surface area contributed by atoms with Crippen molar-refractivity contribution in [1.82, 2.24) is 0 Å². The first kappa shape index (κ1) is 14.1. The first-order chi connectivity index (χ1) is 11.2. The molecule has 0 radical (unpaired) electrons. The lowest BCUT2D eigenvalue weighted by molar-refractivity contribution is 0.475. The van der Waals surface area contributed by atoms with Crippen LogP contribution in [0.3, 0.4) is 0 Å². The maximum absolute atomic E-state index is 6.90. The summed E-state index contributed by atoms with van der Waals surface area (Å²) in [5, 5.41) is 4.47. The van der Waals surface area contributed by atoms with Crippen molar-refractivity contribution in [3.8, 4) is 5.75 Å². The normalized spacial score (nSPS) is 15.5. The average molecular weight is 335 g/mol. The summed E-state index contributed by atoms with van der Waals surface area (Å²) >= 11 is 0. The third-order valence-electron chi connectivity index (χ3n) is 3.99. The van der Waals surface area contributed by atoms with E-state index in [1.165, 1.54) is 11.4 Å². The Morgan fingerprint density at radius 3 is 1.68 bits per heavy atom. The zero-order valence-corrected chi connectivity index (χ0v) is 14.7. The molecule has 2 unspecified atom stereocenters. The number of nitrogens with zero attached hydrogens (tertiary/aromatic N) is 3. The molecule has 2 aromatic carbocycles. The van der Waals surface area contributed by atoms with Crippen LogP contribution in [0.25, 0.3) is 0 Å². The van der Waals surface area contributed by atoms with E-state index in [1.54, 1.807) is 0 Å². The third-order valence-corrected chi connectivity index (χ3v) is 4.59. The molecule has 0 aromatic heterocycles. The summed E-state index contributed by atoms with van der Waals surface area (Å²) in [6.07, 6.45) is 0. The minimum atomic E-state index is 0.574. The van der Waals surface area contributed by atoms with Gasteiger partial charge in [0.15, 0.2) is 0 Å².